The van der Waals surface area contributed by atoms with E-state index in [0.29, 0.717) is 0 Å². The number of amides is 2. The van der Waals surface area contributed by atoms with Gasteiger partial charge in [0.05, 0.1) is 5.56 Å². The van der Waals surface area contributed by atoms with Gasteiger partial charge in [-0.15, -0.1) is 5.10 Å². The number of aromatic nitrogens is 3. The normalized spacial score (nSPS) is 11.1. The van der Waals surface area contributed by atoms with Crippen LogP contribution in [0.25, 0.3) is 0 Å². The number of halogens is 3. The molecule has 0 atom stereocenters. The van der Waals surface area contributed by atoms with Crippen molar-refractivity contribution in [2.75, 3.05) is 19.4 Å². The summed E-state index contributed by atoms with van der Waals surface area (Å²) in [6.45, 7) is 1.11. The summed E-state index contributed by atoms with van der Waals surface area (Å²) in [5, 5.41) is 5.35. The number of rotatable bonds is 4. The van der Waals surface area contributed by atoms with Crippen LogP contribution in [0.4, 0.5) is 19.1 Å². The van der Waals surface area contributed by atoms with Crippen molar-refractivity contribution in [1.82, 2.24) is 19.7 Å². The first-order valence-electron chi connectivity index (χ1n) is 7.74. The minimum absolute atomic E-state index is 0.111. The average Bonchev–Trinajstić information content (AvgIpc) is 2.95. The van der Waals surface area contributed by atoms with E-state index in [1.54, 1.807) is 0 Å². The molecule has 9 nitrogen and oxygen atoms in total. The van der Waals surface area contributed by atoms with Gasteiger partial charge in [0.25, 0.3) is 17.6 Å². The van der Waals surface area contributed by atoms with Crippen molar-refractivity contribution < 1.29 is 32.3 Å². The molecule has 0 saturated carbocycles. The predicted octanol–water partition coefficient (Wildman–Crippen LogP) is 1.71. The van der Waals surface area contributed by atoms with Crippen LogP contribution in [0.2, 0.25) is 0 Å². The molecule has 0 saturated heterocycles. The second kappa shape index (κ2) is 7.66. The fraction of sp³-hybridized carbons (Fsp3) is 0.312. The molecule has 1 aromatic heterocycles. The third-order valence-corrected chi connectivity index (χ3v) is 3.37. The zero-order valence-corrected chi connectivity index (χ0v) is 15.3. The van der Waals surface area contributed by atoms with Crippen LogP contribution in [0, 0.1) is 0 Å². The van der Waals surface area contributed by atoms with E-state index in [9.17, 15) is 27.6 Å². The first-order valence-corrected chi connectivity index (χ1v) is 7.74. The second-order valence-corrected chi connectivity index (χ2v) is 5.84. The van der Waals surface area contributed by atoms with Crippen molar-refractivity contribution in [2.45, 2.75) is 13.1 Å². The highest BCUT2D eigenvalue weighted by molar-refractivity contribution is 6.07. The topological polar surface area (TPSA) is 106 Å². The smallest absolute Gasteiger partial charge is 0.426 e. The standard InChI is InChI=1S/C16H16F3N5O4/c1-8(25)28-11-6-5-9(13(27)23(2)3)7-10(11)12(26)20-15-21-14(16(17,18)19)22-24(15)4/h5-7H,1-4H3,(H,20,21,22,26). The Hall–Kier alpha value is -3.44. The number of carbonyl (C=O) groups is 3. The van der Waals surface area contributed by atoms with Crippen LogP contribution in [-0.4, -0.2) is 51.5 Å². The Kier molecular flexibility index (Phi) is 5.71. The molecule has 0 radical (unpaired) electrons. The van der Waals surface area contributed by atoms with Gasteiger partial charge in [0.2, 0.25) is 5.95 Å². The maximum atomic E-state index is 12.7. The number of nitrogens with zero attached hydrogens (tertiary/aromatic N) is 4. The molecule has 2 aromatic rings. The highest BCUT2D eigenvalue weighted by Gasteiger charge is 2.37. The number of nitrogens with one attached hydrogen (secondary N) is 1. The number of aryl methyl sites for hydroxylation is 1. The number of alkyl halides is 3. The van der Waals surface area contributed by atoms with Crippen molar-refractivity contribution in [3.63, 3.8) is 0 Å². The zero-order chi connectivity index (χ0) is 21.2. The van der Waals surface area contributed by atoms with E-state index in [1.807, 2.05) is 0 Å². The Morgan fingerprint density at radius 2 is 1.86 bits per heavy atom. The molecule has 150 valence electrons. The molecule has 1 N–H and O–H groups in total. The van der Waals surface area contributed by atoms with Gasteiger partial charge in [0.1, 0.15) is 5.75 Å². The Morgan fingerprint density at radius 3 is 2.36 bits per heavy atom. The van der Waals surface area contributed by atoms with Crippen LogP contribution >= 0.6 is 0 Å². The Bertz CT molecular complexity index is 937. The van der Waals surface area contributed by atoms with Crippen LogP contribution in [0.3, 0.4) is 0 Å². The lowest BCUT2D eigenvalue weighted by atomic mass is 10.1. The van der Waals surface area contributed by atoms with Gasteiger partial charge < -0.3 is 9.64 Å². The van der Waals surface area contributed by atoms with Crippen LogP contribution in [-0.2, 0) is 18.0 Å². The lowest BCUT2D eigenvalue weighted by molar-refractivity contribution is -0.145. The van der Waals surface area contributed by atoms with E-state index < -0.39 is 35.7 Å². The Labute approximate surface area is 157 Å². The van der Waals surface area contributed by atoms with Gasteiger partial charge in [-0.1, -0.05) is 0 Å². The molecular weight excluding hydrogens is 383 g/mol. The maximum absolute atomic E-state index is 12.7. The molecule has 2 rings (SSSR count). The van der Waals surface area contributed by atoms with Gasteiger partial charge in [0.15, 0.2) is 0 Å². The lowest BCUT2D eigenvalue weighted by Crippen LogP contribution is -2.23. The summed E-state index contributed by atoms with van der Waals surface area (Å²) >= 11 is 0. The van der Waals surface area contributed by atoms with E-state index in [-0.39, 0.29) is 16.9 Å². The molecule has 1 aromatic carbocycles. The molecule has 0 aliphatic rings. The predicted molar refractivity (Wildman–Crippen MR) is 89.7 cm³/mol. The molecule has 12 heteroatoms. The molecule has 1 heterocycles. The van der Waals surface area contributed by atoms with E-state index in [0.717, 1.165) is 24.7 Å². The first-order chi connectivity index (χ1) is 12.9. The first kappa shape index (κ1) is 20.9. The van der Waals surface area contributed by atoms with E-state index in [2.05, 4.69) is 15.4 Å². The summed E-state index contributed by atoms with van der Waals surface area (Å²) < 4.78 is 43.8. The molecule has 0 spiro atoms. The van der Waals surface area contributed by atoms with Crippen molar-refractivity contribution in [3.05, 3.63) is 35.2 Å². The number of hydrogen-bond acceptors (Lipinski definition) is 6. The van der Waals surface area contributed by atoms with Gasteiger partial charge in [-0.05, 0) is 18.2 Å². The van der Waals surface area contributed by atoms with Gasteiger partial charge in [-0.25, -0.2) is 4.68 Å². The summed E-state index contributed by atoms with van der Waals surface area (Å²) in [5.74, 6) is -4.16. The third-order valence-electron chi connectivity index (χ3n) is 3.37. The van der Waals surface area contributed by atoms with Crippen molar-refractivity contribution >= 4 is 23.7 Å². The summed E-state index contributed by atoms with van der Waals surface area (Å²) in [4.78, 5) is 40.5. The minimum atomic E-state index is -4.79. The van der Waals surface area contributed by atoms with Crippen LogP contribution in [0.15, 0.2) is 18.2 Å². The van der Waals surface area contributed by atoms with Gasteiger partial charge >= 0.3 is 12.1 Å². The number of anilines is 1. The monoisotopic (exact) mass is 399 g/mol. The largest absolute Gasteiger partial charge is 0.453 e. The fourth-order valence-electron chi connectivity index (χ4n) is 2.12. The molecule has 0 aliphatic heterocycles. The molecule has 0 bridgehead atoms. The zero-order valence-electron chi connectivity index (χ0n) is 15.3. The quantitative estimate of drug-likeness (QED) is 0.620. The Morgan fingerprint density at radius 1 is 1.21 bits per heavy atom. The average molecular weight is 399 g/mol. The maximum Gasteiger partial charge on any atom is 0.453 e. The van der Waals surface area contributed by atoms with Gasteiger partial charge in [0, 0.05) is 33.6 Å². The number of ether oxygens (including phenoxy) is 1. The van der Waals surface area contributed by atoms with Crippen molar-refractivity contribution in [2.24, 2.45) is 7.05 Å². The number of carbonyl (C=O) groups excluding carboxylic acids is 3. The van der Waals surface area contributed by atoms with Crippen LogP contribution < -0.4 is 10.1 Å². The summed E-state index contributed by atoms with van der Waals surface area (Å²) in [6.07, 6.45) is -4.79. The van der Waals surface area contributed by atoms with Gasteiger partial charge in [-0.2, -0.15) is 18.2 Å². The molecule has 28 heavy (non-hydrogen) atoms. The Balaban J connectivity index is 2.42. The van der Waals surface area contributed by atoms with Crippen molar-refractivity contribution in [1.29, 1.82) is 0 Å². The number of benzene rings is 1. The van der Waals surface area contributed by atoms with Crippen LogP contribution in [0.5, 0.6) is 5.75 Å². The van der Waals surface area contributed by atoms with Crippen molar-refractivity contribution in [3.8, 4) is 5.75 Å². The summed E-state index contributed by atoms with van der Waals surface area (Å²) in [6, 6.07) is 3.75. The molecule has 2 amide bonds. The number of hydrogen-bond donors (Lipinski definition) is 1. The fourth-order valence-corrected chi connectivity index (χ4v) is 2.12. The van der Waals surface area contributed by atoms with Gasteiger partial charge in [-0.3, -0.25) is 19.7 Å². The minimum Gasteiger partial charge on any atom is -0.426 e. The molecule has 0 aliphatic carbocycles. The molecule has 0 fully saturated rings. The summed E-state index contributed by atoms with van der Waals surface area (Å²) in [5.41, 5.74) is -0.126. The SMILES string of the molecule is CC(=O)Oc1ccc(C(=O)N(C)C)cc1C(=O)Nc1nc(C(F)(F)F)nn1C. The van der Waals surface area contributed by atoms with E-state index in [4.69, 9.17) is 4.74 Å². The second-order valence-electron chi connectivity index (χ2n) is 5.84. The third kappa shape index (κ3) is 4.64. The highest BCUT2D eigenvalue weighted by atomic mass is 19.4. The van der Waals surface area contributed by atoms with Crippen LogP contribution in [0.1, 0.15) is 33.5 Å². The highest BCUT2D eigenvalue weighted by Crippen LogP contribution is 2.27. The van der Waals surface area contributed by atoms with E-state index in [1.165, 1.54) is 31.1 Å². The molecule has 0 unspecified atom stereocenters. The lowest BCUT2D eigenvalue weighted by Gasteiger charge is -2.13. The summed E-state index contributed by atoms with van der Waals surface area (Å²) in [7, 11) is 4.16. The molecular formula is C16H16F3N5O4. The number of esters is 1. The van der Waals surface area contributed by atoms with E-state index >= 15 is 0 Å².